The molecule has 0 aromatic heterocycles. The number of amides is 2. The zero-order valence-corrected chi connectivity index (χ0v) is 11.5. The first-order valence-electron chi connectivity index (χ1n) is 6.36. The zero-order valence-electron chi connectivity index (χ0n) is 11.5. The fourth-order valence-electron chi connectivity index (χ4n) is 2.10. The molecule has 110 valence electrons. The van der Waals surface area contributed by atoms with Gasteiger partial charge in [0.05, 0.1) is 11.7 Å². The molecule has 0 spiro atoms. The van der Waals surface area contributed by atoms with Crippen LogP contribution in [0.1, 0.15) is 27.2 Å². The number of carbonyl (C=O) groups is 2. The lowest BCUT2D eigenvalue weighted by atomic mass is 10.1. The molecule has 0 bridgehead atoms. The minimum atomic E-state index is -1.10. The lowest BCUT2D eigenvalue weighted by molar-refractivity contribution is -0.141. The number of hydrogen-bond acceptors (Lipinski definition) is 4. The average Bonchev–Trinajstić information content (AvgIpc) is 2.68. The van der Waals surface area contributed by atoms with Crippen LogP contribution in [-0.2, 0) is 9.53 Å². The van der Waals surface area contributed by atoms with Crippen molar-refractivity contribution in [2.75, 3.05) is 19.7 Å². The monoisotopic (exact) mass is 274 g/mol. The van der Waals surface area contributed by atoms with E-state index in [9.17, 15) is 14.7 Å². The van der Waals surface area contributed by atoms with Gasteiger partial charge in [-0.3, -0.25) is 0 Å². The summed E-state index contributed by atoms with van der Waals surface area (Å²) in [4.78, 5) is 24.1. The van der Waals surface area contributed by atoms with Gasteiger partial charge in [0.2, 0.25) is 0 Å². The van der Waals surface area contributed by atoms with Crippen LogP contribution in [0, 0.1) is 0 Å². The number of aliphatic hydroxyl groups is 1. The van der Waals surface area contributed by atoms with Gasteiger partial charge in [-0.05, 0) is 20.8 Å². The van der Waals surface area contributed by atoms with Crippen LogP contribution in [-0.4, -0.2) is 64.6 Å². The quantitative estimate of drug-likeness (QED) is 0.657. The van der Waals surface area contributed by atoms with Crippen LogP contribution in [0.4, 0.5) is 4.79 Å². The smallest absolute Gasteiger partial charge is 0.326 e. The molecule has 0 unspecified atom stereocenters. The van der Waals surface area contributed by atoms with E-state index in [1.165, 1.54) is 0 Å². The third-order valence-corrected chi connectivity index (χ3v) is 3.03. The second-order valence-electron chi connectivity index (χ2n) is 5.25. The lowest BCUT2D eigenvalue weighted by Crippen LogP contribution is -2.50. The maximum atomic E-state index is 11.9. The summed E-state index contributed by atoms with van der Waals surface area (Å²) in [6, 6.07) is -1.46. The Morgan fingerprint density at radius 2 is 2.11 bits per heavy atom. The van der Waals surface area contributed by atoms with Crippen molar-refractivity contribution in [1.29, 1.82) is 0 Å². The highest BCUT2D eigenvalue weighted by Crippen LogP contribution is 2.18. The van der Waals surface area contributed by atoms with E-state index in [0.717, 1.165) is 4.90 Å². The second kappa shape index (κ2) is 6.21. The van der Waals surface area contributed by atoms with Crippen LogP contribution in [0.25, 0.3) is 0 Å². The third kappa shape index (κ3) is 4.36. The van der Waals surface area contributed by atoms with Crippen LogP contribution < -0.4 is 5.32 Å². The minimum absolute atomic E-state index is 0.0395. The average molecular weight is 274 g/mol. The molecule has 0 radical (unpaired) electrons. The number of urea groups is 1. The predicted octanol–water partition coefficient (Wildman–Crippen LogP) is 0.0309. The molecule has 1 saturated heterocycles. The summed E-state index contributed by atoms with van der Waals surface area (Å²) in [5.41, 5.74) is -0.512. The van der Waals surface area contributed by atoms with Gasteiger partial charge in [-0.15, -0.1) is 0 Å². The SMILES string of the molecule is CCOC(C)(C)CNC(=O)N1C[C@H](O)C[C@H]1C(=O)O. The van der Waals surface area contributed by atoms with Crippen molar-refractivity contribution in [1.82, 2.24) is 10.2 Å². The van der Waals surface area contributed by atoms with Crippen molar-refractivity contribution < 1.29 is 24.5 Å². The first-order chi connectivity index (χ1) is 8.76. The number of hydrogen-bond donors (Lipinski definition) is 3. The topological polar surface area (TPSA) is 99.1 Å². The maximum Gasteiger partial charge on any atom is 0.326 e. The molecule has 1 rings (SSSR count). The van der Waals surface area contributed by atoms with Gasteiger partial charge in [-0.2, -0.15) is 0 Å². The predicted molar refractivity (Wildman–Crippen MR) is 67.9 cm³/mol. The first-order valence-corrected chi connectivity index (χ1v) is 6.36. The fraction of sp³-hybridized carbons (Fsp3) is 0.833. The van der Waals surface area contributed by atoms with Crippen LogP contribution in [0.3, 0.4) is 0 Å². The van der Waals surface area contributed by atoms with Crippen molar-refractivity contribution in [3.63, 3.8) is 0 Å². The molecule has 0 aromatic rings. The number of carboxylic acids is 1. The van der Waals surface area contributed by atoms with Crippen molar-refractivity contribution in [3.05, 3.63) is 0 Å². The van der Waals surface area contributed by atoms with Gasteiger partial charge in [0.25, 0.3) is 0 Å². The molecule has 0 aromatic carbocycles. The molecule has 1 aliphatic rings. The fourth-order valence-corrected chi connectivity index (χ4v) is 2.10. The summed E-state index contributed by atoms with van der Waals surface area (Å²) in [5.74, 6) is -1.10. The van der Waals surface area contributed by atoms with Crippen molar-refractivity contribution in [2.24, 2.45) is 0 Å². The summed E-state index contributed by atoms with van der Waals surface area (Å²) >= 11 is 0. The normalized spacial score (nSPS) is 23.5. The van der Waals surface area contributed by atoms with Crippen LogP contribution in [0.5, 0.6) is 0 Å². The number of carbonyl (C=O) groups excluding carboxylic acids is 1. The highest BCUT2D eigenvalue weighted by atomic mass is 16.5. The number of likely N-dealkylation sites (tertiary alicyclic amines) is 1. The van der Waals surface area contributed by atoms with Gasteiger partial charge >= 0.3 is 12.0 Å². The van der Waals surface area contributed by atoms with Crippen molar-refractivity contribution in [2.45, 2.75) is 44.9 Å². The molecule has 3 N–H and O–H groups in total. The second-order valence-corrected chi connectivity index (χ2v) is 5.25. The zero-order chi connectivity index (χ0) is 14.6. The van der Waals surface area contributed by atoms with Gasteiger partial charge in [0.1, 0.15) is 6.04 Å². The van der Waals surface area contributed by atoms with E-state index in [2.05, 4.69) is 5.32 Å². The first kappa shape index (κ1) is 15.7. The number of rotatable bonds is 5. The number of β-amino-alcohol motifs (C(OH)–C–C–N with tert-alkyl or cyclic N) is 1. The van der Waals surface area contributed by atoms with E-state index >= 15 is 0 Å². The van der Waals surface area contributed by atoms with E-state index in [0.29, 0.717) is 6.61 Å². The minimum Gasteiger partial charge on any atom is -0.480 e. The standard InChI is InChI=1S/C12H22N2O5/c1-4-19-12(2,3)7-13-11(18)14-6-8(15)5-9(14)10(16)17/h8-9,15H,4-7H2,1-3H3,(H,13,18)(H,16,17)/t8-,9+/m1/s1. The number of nitrogens with one attached hydrogen (secondary N) is 1. The third-order valence-electron chi connectivity index (χ3n) is 3.03. The van der Waals surface area contributed by atoms with Crippen LogP contribution in [0.15, 0.2) is 0 Å². The Bertz CT molecular complexity index is 345. The number of carboxylic acid groups (broad SMARTS) is 1. The summed E-state index contributed by atoms with van der Waals surface area (Å²) in [5, 5.41) is 21.1. The Labute approximate surface area is 112 Å². The number of aliphatic carboxylic acids is 1. The Hall–Kier alpha value is -1.34. The molecule has 1 fully saturated rings. The molecule has 0 aliphatic carbocycles. The van der Waals surface area contributed by atoms with Gasteiger partial charge in [0.15, 0.2) is 0 Å². The maximum absolute atomic E-state index is 11.9. The number of ether oxygens (including phenoxy) is 1. The number of nitrogens with zero attached hydrogens (tertiary/aromatic N) is 1. The Morgan fingerprint density at radius 1 is 1.47 bits per heavy atom. The molecule has 1 aliphatic heterocycles. The van der Waals surface area contributed by atoms with Crippen molar-refractivity contribution in [3.8, 4) is 0 Å². The van der Waals surface area contributed by atoms with Crippen LogP contribution in [0.2, 0.25) is 0 Å². The van der Waals surface area contributed by atoms with Gasteiger partial charge in [-0.1, -0.05) is 0 Å². The Morgan fingerprint density at radius 3 is 2.63 bits per heavy atom. The van der Waals surface area contributed by atoms with Crippen molar-refractivity contribution >= 4 is 12.0 Å². The summed E-state index contributed by atoms with van der Waals surface area (Å²) in [6.45, 7) is 6.38. The molecular weight excluding hydrogens is 252 g/mol. The Kier molecular flexibility index (Phi) is 5.13. The molecular formula is C12H22N2O5. The Balaban J connectivity index is 2.55. The molecule has 19 heavy (non-hydrogen) atoms. The van der Waals surface area contributed by atoms with Gasteiger partial charge in [0, 0.05) is 26.1 Å². The highest BCUT2D eigenvalue weighted by molar-refractivity contribution is 5.83. The summed E-state index contributed by atoms with van der Waals surface area (Å²) in [6.07, 6.45) is -0.718. The van der Waals surface area contributed by atoms with E-state index in [1.807, 2.05) is 20.8 Å². The molecule has 2 atom stereocenters. The molecule has 2 amide bonds. The van der Waals surface area contributed by atoms with Gasteiger partial charge in [-0.25, -0.2) is 9.59 Å². The van der Waals surface area contributed by atoms with E-state index < -0.39 is 29.7 Å². The highest BCUT2D eigenvalue weighted by Gasteiger charge is 2.39. The summed E-state index contributed by atoms with van der Waals surface area (Å²) < 4.78 is 5.44. The van der Waals surface area contributed by atoms with Gasteiger partial charge < -0.3 is 25.2 Å². The number of aliphatic hydroxyl groups excluding tert-OH is 1. The molecule has 1 heterocycles. The van der Waals surface area contributed by atoms with Crippen LogP contribution >= 0.6 is 0 Å². The molecule has 7 nitrogen and oxygen atoms in total. The van der Waals surface area contributed by atoms with E-state index in [-0.39, 0.29) is 19.5 Å². The summed E-state index contributed by atoms with van der Waals surface area (Å²) in [7, 11) is 0. The van der Waals surface area contributed by atoms with E-state index in [4.69, 9.17) is 9.84 Å². The lowest BCUT2D eigenvalue weighted by Gasteiger charge is -2.27. The molecule has 0 saturated carbocycles. The van der Waals surface area contributed by atoms with E-state index in [1.54, 1.807) is 0 Å². The molecule has 7 heteroatoms. The largest absolute Gasteiger partial charge is 0.480 e.